The molecule has 0 saturated carbocycles. The number of hydrogen-bond acceptors (Lipinski definition) is 9. The molecule has 3 amide bonds. The van der Waals surface area contributed by atoms with E-state index < -0.39 is 0 Å². The minimum Gasteiger partial charge on any atom is -0.475 e. The van der Waals surface area contributed by atoms with Crippen LogP contribution in [0.25, 0.3) is 0 Å². The zero-order chi connectivity index (χ0) is 29.8. The number of fused-ring (bicyclic) bond motifs is 11. The van der Waals surface area contributed by atoms with Crippen LogP contribution in [0.1, 0.15) is 42.2 Å². The Bertz CT molecular complexity index is 1330. The molecule has 43 heavy (non-hydrogen) atoms. The number of ether oxygens (including phenoxy) is 4. The molecule has 5 aliphatic rings. The van der Waals surface area contributed by atoms with Gasteiger partial charge in [0.25, 0.3) is 5.91 Å². The van der Waals surface area contributed by atoms with Crippen LogP contribution in [-0.2, 0) is 20.9 Å². The molecule has 1 aromatic heterocycles. The Hall–Kier alpha value is -3.90. The first-order chi connectivity index (χ1) is 20.9. The maximum atomic E-state index is 14.0. The van der Waals surface area contributed by atoms with Crippen molar-refractivity contribution in [2.24, 2.45) is 5.92 Å². The van der Waals surface area contributed by atoms with Crippen LogP contribution in [0.5, 0.6) is 17.4 Å². The van der Waals surface area contributed by atoms with Crippen molar-refractivity contribution in [2.75, 3.05) is 59.3 Å². The van der Waals surface area contributed by atoms with E-state index in [1.807, 2.05) is 28.0 Å². The Morgan fingerprint density at radius 1 is 0.977 bits per heavy atom. The van der Waals surface area contributed by atoms with E-state index >= 15 is 0 Å². The predicted molar refractivity (Wildman–Crippen MR) is 155 cm³/mol. The van der Waals surface area contributed by atoms with Crippen LogP contribution in [0.3, 0.4) is 0 Å². The molecule has 0 spiro atoms. The number of nitrogens with zero attached hydrogens (tertiary/aromatic N) is 4. The summed E-state index contributed by atoms with van der Waals surface area (Å²) in [5.41, 5.74) is 1.26. The number of likely N-dealkylation sites (tertiary alicyclic amines) is 1. The van der Waals surface area contributed by atoms with E-state index in [1.54, 1.807) is 25.1 Å². The normalized spacial score (nSPS) is 25.2. The number of carbonyl (C=O) groups is 3. The number of hydrogen-bond donors (Lipinski definition) is 1. The van der Waals surface area contributed by atoms with Gasteiger partial charge >= 0.3 is 0 Å². The summed E-state index contributed by atoms with van der Waals surface area (Å²) in [6.45, 7) is 6.30. The Balaban J connectivity index is 1.21. The Kier molecular flexibility index (Phi) is 8.94. The van der Waals surface area contributed by atoms with Gasteiger partial charge in [-0.05, 0) is 48.9 Å². The first-order valence-corrected chi connectivity index (χ1v) is 15.1. The number of benzene rings is 1. The van der Waals surface area contributed by atoms with E-state index in [1.165, 1.54) is 0 Å². The minimum atomic E-state index is -0.380. The zero-order valence-electron chi connectivity index (χ0n) is 24.5. The SMILES string of the molecule is CC(=O)N1CCOCCOc2cccc(n2)C(=O)N[C@H]2C[C@@H](C(=O)N3CCC(CC3)C1)N(Cc1ccc3c(c1)OCO3)C2. The molecule has 2 aromatic rings. The third-order valence-electron chi connectivity index (χ3n) is 8.64. The van der Waals surface area contributed by atoms with Gasteiger partial charge in [0, 0.05) is 58.3 Å². The van der Waals surface area contributed by atoms with Crippen LogP contribution >= 0.6 is 0 Å². The summed E-state index contributed by atoms with van der Waals surface area (Å²) < 4.78 is 22.5. The smallest absolute Gasteiger partial charge is 0.270 e. The van der Waals surface area contributed by atoms with Gasteiger partial charge in [0.1, 0.15) is 12.3 Å². The van der Waals surface area contributed by atoms with Gasteiger partial charge in [-0.1, -0.05) is 12.1 Å². The van der Waals surface area contributed by atoms with Crippen molar-refractivity contribution in [3.63, 3.8) is 0 Å². The molecule has 1 N–H and O–H groups in total. The fraction of sp³-hybridized carbons (Fsp3) is 0.548. The van der Waals surface area contributed by atoms with Crippen LogP contribution in [0, 0.1) is 5.92 Å². The lowest BCUT2D eigenvalue weighted by Gasteiger charge is -2.37. The summed E-state index contributed by atoms with van der Waals surface area (Å²) in [5, 5.41) is 3.11. The summed E-state index contributed by atoms with van der Waals surface area (Å²) in [5.74, 6) is 1.86. The van der Waals surface area contributed by atoms with Crippen molar-refractivity contribution in [1.82, 2.24) is 25.0 Å². The zero-order valence-corrected chi connectivity index (χ0v) is 24.5. The van der Waals surface area contributed by atoms with E-state index in [9.17, 15) is 14.4 Å². The summed E-state index contributed by atoms with van der Waals surface area (Å²) in [7, 11) is 0. The summed E-state index contributed by atoms with van der Waals surface area (Å²) in [6.07, 6.45) is 2.17. The van der Waals surface area contributed by atoms with E-state index in [0.29, 0.717) is 82.2 Å². The molecule has 12 nitrogen and oxygen atoms in total. The van der Waals surface area contributed by atoms with Gasteiger partial charge in [-0.3, -0.25) is 19.3 Å². The van der Waals surface area contributed by atoms with Crippen LogP contribution in [0.15, 0.2) is 36.4 Å². The molecule has 2 saturated heterocycles. The molecule has 7 rings (SSSR count). The molecular formula is C31H39N5O7. The highest BCUT2D eigenvalue weighted by Gasteiger charge is 2.40. The van der Waals surface area contributed by atoms with Crippen LogP contribution < -0.4 is 19.5 Å². The van der Waals surface area contributed by atoms with Crippen molar-refractivity contribution >= 4 is 17.7 Å². The molecule has 5 aliphatic heterocycles. The molecule has 1 aromatic carbocycles. The van der Waals surface area contributed by atoms with E-state index in [0.717, 1.165) is 18.4 Å². The van der Waals surface area contributed by atoms with Crippen molar-refractivity contribution < 1.29 is 33.3 Å². The fourth-order valence-electron chi connectivity index (χ4n) is 6.31. The molecule has 0 radical (unpaired) electrons. The Morgan fingerprint density at radius 3 is 2.65 bits per heavy atom. The highest BCUT2D eigenvalue weighted by atomic mass is 16.7. The summed E-state index contributed by atoms with van der Waals surface area (Å²) >= 11 is 0. The van der Waals surface area contributed by atoms with E-state index in [4.69, 9.17) is 18.9 Å². The lowest BCUT2D eigenvalue weighted by atomic mass is 9.95. The molecule has 0 aliphatic carbocycles. The third kappa shape index (κ3) is 7.02. The van der Waals surface area contributed by atoms with Gasteiger partial charge in [-0.15, -0.1) is 0 Å². The number of rotatable bonds is 2. The van der Waals surface area contributed by atoms with Gasteiger partial charge in [0.05, 0.1) is 19.3 Å². The lowest BCUT2D eigenvalue weighted by Crippen LogP contribution is -2.49. The fourth-order valence-corrected chi connectivity index (χ4v) is 6.31. The molecule has 6 bridgehead atoms. The number of pyridine rings is 1. The summed E-state index contributed by atoms with van der Waals surface area (Å²) in [6, 6.07) is 10.3. The van der Waals surface area contributed by atoms with Crippen molar-refractivity contribution in [3.8, 4) is 17.4 Å². The highest BCUT2D eigenvalue weighted by Crippen LogP contribution is 2.34. The number of amides is 3. The second-order valence-electron chi connectivity index (χ2n) is 11.6. The lowest BCUT2D eigenvalue weighted by molar-refractivity contribution is -0.138. The molecular weight excluding hydrogens is 554 g/mol. The van der Waals surface area contributed by atoms with Crippen molar-refractivity contribution in [2.45, 2.75) is 44.8 Å². The average molecular weight is 594 g/mol. The topological polar surface area (TPSA) is 123 Å². The van der Waals surface area contributed by atoms with E-state index in [2.05, 4.69) is 15.2 Å². The van der Waals surface area contributed by atoms with Crippen LogP contribution in [-0.4, -0.2) is 109 Å². The molecule has 6 heterocycles. The van der Waals surface area contributed by atoms with Gasteiger partial charge in [0.2, 0.25) is 24.5 Å². The molecule has 2 fully saturated rings. The van der Waals surface area contributed by atoms with Gasteiger partial charge in [-0.2, -0.15) is 0 Å². The van der Waals surface area contributed by atoms with Crippen LogP contribution in [0.2, 0.25) is 0 Å². The minimum absolute atomic E-state index is 0.0195. The van der Waals surface area contributed by atoms with Crippen molar-refractivity contribution in [3.05, 3.63) is 47.7 Å². The second kappa shape index (κ2) is 13.2. The molecule has 0 unspecified atom stereocenters. The number of aromatic nitrogens is 1. The first kappa shape index (κ1) is 29.2. The van der Waals surface area contributed by atoms with Gasteiger partial charge < -0.3 is 34.1 Å². The first-order valence-electron chi connectivity index (χ1n) is 15.1. The predicted octanol–water partition coefficient (Wildman–Crippen LogP) is 1.68. The van der Waals surface area contributed by atoms with Gasteiger partial charge in [0.15, 0.2) is 11.5 Å². The number of carbonyl (C=O) groups excluding carboxylic acids is 3. The van der Waals surface area contributed by atoms with E-state index in [-0.39, 0.29) is 48.9 Å². The van der Waals surface area contributed by atoms with Gasteiger partial charge in [-0.25, -0.2) is 4.98 Å². The van der Waals surface area contributed by atoms with Crippen molar-refractivity contribution in [1.29, 1.82) is 0 Å². The summed E-state index contributed by atoms with van der Waals surface area (Å²) in [4.78, 5) is 49.9. The molecule has 230 valence electrons. The Labute approximate surface area is 251 Å². The molecule has 2 atom stereocenters. The van der Waals surface area contributed by atoms with Crippen LogP contribution in [0.4, 0.5) is 0 Å². The number of nitrogens with one attached hydrogen (secondary N) is 1. The maximum Gasteiger partial charge on any atom is 0.270 e. The third-order valence-corrected chi connectivity index (χ3v) is 8.64. The maximum absolute atomic E-state index is 14.0. The largest absolute Gasteiger partial charge is 0.475 e. The second-order valence-corrected chi connectivity index (χ2v) is 11.6. The average Bonchev–Trinajstić information content (AvgIpc) is 3.64. The standard InChI is InChI=1S/C31H39N5O7/c1-21(37)35-11-12-40-13-14-41-29-4-2-3-25(33-29)30(38)32-24-16-26(31(39)34-9-7-22(17-35)8-10-34)36(19-24)18-23-5-6-27-28(15-23)43-20-42-27/h2-6,15,22,24,26H,7-14,16-20H2,1H3,(H,32,38)/t24-,26-/m0/s1. The molecule has 12 heteroatoms. The number of piperidine rings is 1. The Morgan fingerprint density at radius 2 is 1.81 bits per heavy atom. The monoisotopic (exact) mass is 593 g/mol. The highest BCUT2D eigenvalue weighted by molar-refractivity contribution is 5.92. The quantitative estimate of drug-likeness (QED) is 0.518.